The Morgan fingerprint density at radius 3 is 2.46 bits per heavy atom. The number of anilines is 1. The van der Waals surface area contributed by atoms with Crippen LogP contribution in [-0.2, 0) is 6.42 Å². The van der Waals surface area contributed by atoms with Crippen LogP contribution in [0, 0.1) is 10.1 Å². The smallest absolute Gasteiger partial charge is 0.270 e. The van der Waals surface area contributed by atoms with Crippen LogP contribution < -0.4 is 10.2 Å². The molecule has 24 heavy (non-hydrogen) atoms. The van der Waals surface area contributed by atoms with Crippen LogP contribution in [0.5, 0.6) is 0 Å². The maximum atomic E-state index is 12.1. The summed E-state index contributed by atoms with van der Waals surface area (Å²) in [5.41, 5.74) is 2.13. The van der Waals surface area contributed by atoms with Crippen LogP contribution in [0.25, 0.3) is 0 Å². The third kappa shape index (κ3) is 4.45. The molecule has 0 aromatic heterocycles. The Balaban J connectivity index is 1.96. The van der Waals surface area contributed by atoms with Gasteiger partial charge in [0, 0.05) is 38.5 Å². The lowest BCUT2D eigenvalue weighted by molar-refractivity contribution is -0.384. The van der Waals surface area contributed by atoms with E-state index < -0.39 is 10.8 Å². The molecule has 7 heteroatoms. The number of nitrogens with one attached hydrogen (secondary N) is 1. The minimum Gasteiger partial charge on any atom is -0.378 e. The zero-order chi connectivity index (χ0) is 17.7. The third-order valence-corrected chi connectivity index (χ3v) is 3.89. The predicted molar refractivity (Wildman–Crippen MR) is 94.9 cm³/mol. The van der Waals surface area contributed by atoms with E-state index in [1.807, 2.05) is 43.3 Å². The minimum atomic E-state index is -0.556. The summed E-state index contributed by atoms with van der Waals surface area (Å²) < 4.78 is 0. The molecule has 0 bridgehead atoms. The summed E-state index contributed by atoms with van der Waals surface area (Å²) in [7, 11) is 3.94. The van der Waals surface area contributed by atoms with Crippen molar-refractivity contribution in [3.8, 4) is 0 Å². The average Bonchev–Trinajstić information content (AvgIpc) is 2.55. The van der Waals surface area contributed by atoms with Crippen LogP contribution >= 0.6 is 11.6 Å². The number of benzene rings is 2. The predicted octanol–water partition coefficient (Wildman–Crippen LogP) is 3.29. The molecular formula is C17H18ClN3O3. The van der Waals surface area contributed by atoms with Gasteiger partial charge in [0.25, 0.3) is 11.6 Å². The first-order valence-corrected chi connectivity index (χ1v) is 7.74. The van der Waals surface area contributed by atoms with Gasteiger partial charge in [0.2, 0.25) is 0 Å². The molecule has 2 aromatic rings. The lowest BCUT2D eigenvalue weighted by Crippen LogP contribution is -2.26. The first-order valence-electron chi connectivity index (χ1n) is 7.37. The lowest BCUT2D eigenvalue weighted by Gasteiger charge is -2.12. The van der Waals surface area contributed by atoms with Gasteiger partial charge in [-0.2, -0.15) is 0 Å². The molecule has 6 nitrogen and oxygen atoms in total. The summed E-state index contributed by atoms with van der Waals surface area (Å²) in [5.74, 6) is -0.423. The minimum absolute atomic E-state index is 0.105. The highest BCUT2D eigenvalue weighted by atomic mass is 35.5. The van der Waals surface area contributed by atoms with Crippen LogP contribution in [0.4, 0.5) is 11.4 Å². The molecule has 1 amide bonds. The highest BCUT2D eigenvalue weighted by molar-refractivity contribution is 6.33. The van der Waals surface area contributed by atoms with E-state index >= 15 is 0 Å². The Morgan fingerprint density at radius 1 is 1.21 bits per heavy atom. The van der Waals surface area contributed by atoms with E-state index in [1.54, 1.807) is 0 Å². The molecule has 0 radical (unpaired) electrons. The molecular weight excluding hydrogens is 330 g/mol. The van der Waals surface area contributed by atoms with Gasteiger partial charge in [-0.3, -0.25) is 14.9 Å². The molecule has 0 aliphatic rings. The highest BCUT2D eigenvalue weighted by Gasteiger charge is 2.15. The van der Waals surface area contributed by atoms with Crippen molar-refractivity contribution >= 4 is 28.9 Å². The Kier molecular flexibility index (Phi) is 5.76. The van der Waals surface area contributed by atoms with Gasteiger partial charge in [-0.1, -0.05) is 23.7 Å². The van der Waals surface area contributed by atoms with Gasteiger partial charge in [-0.05, 0) is 30.2 Å². The second-order valence-electron chi connectivity index (χ2n) is 5.49. The molecule has 0 aliphatic carbocycles. The number of rotatable bonds is 6. The number of nitrogens with zero attached hydrogens (tertiary/aromatic N) is 2. The normalized spacial score (nSPS) is 10.3. The van der Waals surface area contributed by atoms with E-state index in [9.17, 15) is 14.9 Å². The van der Waals surface area contributed by atoms with Crippen molar-refractivity contribution in [2.24, 2.45) is 0 Å². The summed E-state index contributed by atoms with van der Waals surface area (Å²) in [5, 5.41) is 13.7. The number of hydrogen-bond acceptors (Lipinski definition) is 4. The second-order valence-corrected chi connectivity index (χ2v) is 5.90. The zero-order valence-electron chi connectivity index (χ0n) is 13.5. The van der Waals surface area contributed by atoms with Crippen molar-refractivity contribution in [2.75, 3.05) is 25.5 Å². The molecule has 2 aromatic carbocycles. The van der Waals surface area contributed by atoms with Gasteiger partial charge in [-0.15, -0.1) is 0 Å². The zero-order valence-corrected chi connectivity index (χ0v) is 14.2. The van der Waals surface area contributed by atoms with Crippen LogP contribution in [0.3, 0.4) is 0 Å². The molecule has 1 N–H and O–H groups in total. The number of nitro benzene ring substituents is 1. The quantitative estimate of drug-likeness (QED) is 0.642. The molecule has 0 unspecified atom stereocenters. The van der Waals surface area contributed by atoms with E-state index in [0.29, 0.717) is 13.0 Å². The maximum absolute atomic E-state index is 12.1. The summed E-state index contributed by atoms with van der Waals surface area (Å²) >= 11 is 5.95. The molecule has 0 aliphatic heterocycles. The summed E-state index contributed by atoms with van der Waals surface area (Å²) in [6.45, 7) is 0.416. The fourth-order valence-electron chi connectivity index (χ4n) is 2.18. The largest absolute Gasteiger partial charge is 0.378 e. The third-order valence-electron chi connectivity index (χ3n) is 3.56. The van der Waals surface area contributed by atoms with E-state index in [-0.39, 0.29) is 16.3 Å². The average molecular weight is 348 g/mol. The van der Waals surface area contributed by atoms with Gasteiger partial charge >= 0.3 is 0 Å². The van der Waals surface area contributed by atoms with E-state index in [1.165, 1.54) is 18.2 Å². The fourth-order valence-corrected chi connectivity index (χ4v) is 2.38. The first-order chi connectivity index (χ1) is 11.4. The van der Waals surface area contributed by atoms with Crippen molar-refractivity contribution in [1.82, 2.24) is 5.32 Å². The Morgan fingerprint density at radius 2 is 1.88 bits per heavy atom. The van der Waals surface area contributed by atoms with Crippen LogP contribution in [0.1, 0.15) is 15.9 Å². The molecule has 0 atom stereocenters. The summed E-state index contributed by atoms with van der Waals surface area (Å²) in [4.78, 5) is 24.4. The van der Waals surface area contributed by atoms with Crippen LogP contribution in [0.2, 0.25) is 5.02 Å². The Hall–Kier alpha value is -2.60. The lowest BCUT2D eigenvalue weighted by atomic mass is 10.1. The fraction of sp³-hybridized carbons (Fsp3) is 0.235. The maximum Gasteiger partial charge on any atom is 0.270 e. The van der Waals surface area contributed by atoms with E-state index in [0.717, 1.165) is 11.3 Å². The monoisotopic (exact) mass is 347 g/mol. The van der Waals surface area contributed by atoms with Crippen LogP contribution in [-0.4, -0.2) is 31.5 Å². The molecule has 2 rings (SSSR count). The van der Waals surface area contributed by atoms with Gasteiger partial charge < -0.3 is 10.2 Å². The number of hydrogen-bond donors (Lipinski definition) is 1. The number of non-ortho nitro benzene ring substituents is 1. The van der Waals surface area contributed by atoms with Gasteiger partial charge in [-0.25, -0.2) is 0 Å². The second kappa shape index (κ2) is 7.79. The summed E-state index contributed by atoms with van der Waals surface area (Å²) in [6, 6.07) is 11.8. The SMILES string of the molecule is CN(C)c1ccc(CCNC(=O)c2cc([N+](=O)[O-])ccc2Cl)cc1. The summed E-state index contributed by atoms with van der Waals surface area (Å²) in [6.07, 6.45) is 0.659. The Bertz CT molecular complexity index is 745. The van der Waals surface area contributed by atoms with Crippen LogP contribution in [0.15, 0.2) is 42.5 Å². The Labute approximate surface area is 145 Å². The van der Waals surface area contributed by atoms with Gasteiger partial charge in [0.15, 0.2) is 0 Å². The molecule has 0 fully saturated rings. The van der Waals surface area contributed by atoms with Crippen molar-refractivity contribution in [1.29, 1.82) is 0 Å². The first kappa shape index (κ1) is 17.7. The highest BCUT2D eigenvalue weighted by Crippen LogP contribution is 2.22. The number of carbonyl (C=O) groups excluding carboxylic acids is 1. The standard InChI is InChI=1S/C17H18ClN3O3/c1-20(2)13-5-3-12(4-6-13)9-10-19-17(22)15-11-14(21(23)24)7-8-16(15)18/h3-8,11H,9-10H2,1-2H3,(H,19,22). The van der Waals surface area contributed by atoms with Gasteiger partial charge in [0.1, 0.15) is 0 Å². The van der Waals surface area contributed by atoms with E-state index in [4.69, 9.17) is 11.6 Å². The number of carbonyl (C=O) groups is 1. The van der Waals surface area contributed by atoms with Crippen molar-refractivity contribution < 1.29 is 9.72 Å². The van der Waals surface area contributed by atoms with Crippen molar-refractivity contribution in [3.05, 3.63) is 68.7 Å². The van der Waals surface area contributed by atoms with Crippen molar-refractivity contribution in [2.45, 2.75) is 6.42 Å². The molecule has 0 spiro atoms. The molecule has 0 saturated heterocycles. The topological polar surface area (TPSA) is 75.5 Å². The van der Waals surface area contributed by atoms with Crippen molar-refractivity contribution in [3.63, 3.8) is 0 Å². The molecule has 0 saturated carbocycles. The number of amides is 1. The molecule has 126 valence electrons. The molecule has 0 heterocycles. The van der Waals surface area contributed by atoms with Gasteiger partial charge in [0.05, 0.1) is 15.5 Å². The number of nitro groups is 1. The number of halogens is 1. The van der Waals surface area contributed by atoms with E-state index in [2.05, 4.69) is 5.32 Å².